The standard InChI is InChI=1S/C17H18N2O2/c1-13-4-3-5-15(10-13)11-18-17(20)16-8-6-14(7-9-16)12-19-21-2/h3-10,12H,11H2,1-2H3,(H,18,20)/b19-12+. The Morgan fingerprint density at radius 3 is 2.67 bits per heavy atom. The number of rotatable bonds is 5. The maximum Gasteiger partial charge on any atom is 0.251 e. The van der Waals surface area contributed by atoms with E-state index >= 15 is 0 Å². The molecule has 0 heterocycles. The number of carbonyl (C=O) groups is 1. The van der Waals surface area contributed by atoms with Gasteiger partial charge in [-0.25, -0.2) is 0 Å². The van der Waals surface area contributed by atoms with Crippen molar-refractivity contribution in [1.82, 2.24) is 5.32 Å². The van der Waals surface area contributed by atoms with Crippen molar-refractivity contribution in [2.75, 3.05) is 7.11 Å². The first-order valence-corrected chi connectivity index (χ1v) is 6.69. The van der Waals surface area contributed by atoms with Gasteiger partial charge in [0.05, 0.1) is 6.21 Å². The molecule has 0 spiro atoms. The molecular weight excluding hydrogens is 264 g/mol. The lowest BCUT2D eigenvalue weighted by Gasteiger charge is -2.06. The molecule has 1 N–H and O–H groups in total. The number of hydrogen-bond donors (Lipinski definition) is 1. The highest BCUT2D eigenvalue weighted by molar-refractivity contribution is 5.94. The van der Waals surface area contributed by atoms with Crippen molar-refractivity contribution in [2.24, 2.45) is 5.16 Å². The molecule has 0 saturated carbocycles. The molecule has 0 fully saturated rings. The first-order chi connectivity index (χ1) is 10.2. The Hall–Kier alpha value is -2.62. The molecule has 2 rings (SSSR count). The summed E-state index contributed by atoms with van der Waals surface area (Å²) in [5.41, 5.74) is 3.78. The van der Waals surface area contributed by atoms with E-state index in [2.05, 4.69) is 21.4 Å². The normalized spacial score (nSPS) is 10.6. The molecular formula is C17H18N2O2. The second-order valence-corrected chi connectivity index (χ2v) is 4.71. The summed E-state index contributed by atoms with van der Waals surface area (Å²) < 4.78 is 0. The Labute approximate surface area is 124 Å². The summed E-state index contributed by atoms with van der Waals surface area (Å²) in [6.45, 7) is 2.55. The highest BCUT2D eigenvalue weighted by Crippen LogP contribution is 2.06. The van der Waals surface area contributed by atoms with Gasteiger partial charge in [-0.2, -0.15) is 0 Å². The highest BCUT2D eigenvalue weighted by Gasteiger charge is 2.04. The van der Waals surface area contributed by atoms with Gasteiger partial charge in [-0.1, -0.05) is 47.1 Å². The maximum atomic E-state index is 12.1. The monoisotopic (exact) mass is 282 g/mol. The van der Waals surface area contributed by atoms with E-state index in [-0.39, 0.29) is 5.91 Å². The molecule has 0 saturated heterocycles. The van der Waals surface area contributed by atoms with E-state index in [1.807, 2.05) is 37.3 Å². The van der Waals surface area contributed by atoms with Gasteiger partial charge < -0.3 is 10.2 Å². The van der Waals surface area contributed by atoms with E-state index in [1.54, 1.807) is 18.3 Å². The van der Waals surface area contributed by atoms with Crippen molar-refractivity contribution in [3.63, 3.8) is 0 Å². The lowest BCUT2D eigenvalue weighted by molar-refractivity contribution is 0.0951. The molecule has 4 nitrogen and oxygen atoms in total. The molecule has 0 aliphatic rings. The van der Waals surface area contributed by atoms with Crippen LogP contribution in [0, 0.1) is 6.92 Å². The minimum Gasteiger partial charge on any atom is -0.399 e. The lowest BCUT2D eigenvalue weighted by Crippen LogP contribution is -2.22. The van der Waals surface area contributed by atoms with E-state index in [1.165, 1.54) is 12.7 Å². The van der Waals surface area contributed by atoms with Crippen molar-refractivity contribution in [2.45, 2.75) is 13.5 Å². The quantitative estimate of drug-likeness (QED) is 0.677. The Bertz CT molecular complexity index is 633. The van der Waals surface area contributed by atoms with Crippen LogP contribution in [0.4, 0.5) is 0 Å². The predicted octanol–water partition coefficient (Wildman–Crippen LogP) is 2.91. The molecule has 0 unspecified atom stereocenters. The third-order valence-electron chi connectivity index (χ3n) is 3.02. The van der Waals surface area contributed by atoms with E-state index < -0.39 is 0 Å². The minimum absolute atomic E-state index is 0.0910. The fourth-order valence-corrected chi connectivity index (χ4v) is 1.94. The van der Waals surface area contributed by atoms with Crippen molar-refractivity contribution in [3.8, 4) is 0 Å². The van der Waals surface area contributed by atoms with Crippen LogP contribution in [0.15, 0.2) is 53.7 Å². The van der Waals surface area contributed by atoms with Crippen LogP contribution in [0.3, 0.4) is 0 Å². The number of amides is 1. The molecule has 1 amide bonds. The summed E-state index contributed by atoms with van der Waals surface area (Å²) in [5, 5.41) is 6.58. The van der Waals surface area contributed by atoms with Gasteiger partial charge in [-0.15, -0.1) is 0 Å². The van der Waals surface area contributed by atoms with Crippen LogP contribution in [-0.4, -0.2) is 19.2 Å². The van der Waals surface area contributed by atoms with Gasteiger partial charge in [0.2, 0.25) is 0 Å². The van der Waals surface area contributed by atoms with Gasteiger partial charge in [0.25, 0.3) is 5.91 Å². The molecule has 0 aromatic heterocycles. The van der Waals surface area contributed by atoms with E-state index in [0.717, 1.165) is 11.1 Å². The smallest absolute Gasteiger partial charge is 0.251 e. The van der Waals surface area contributed by atoms with Crippen LogP contribution in [0.1, 0.15) is 27.0 Å². The largest absolute Gasteiger partial charge is 0.399 e. The van der Waals surface area contributed by atoms with Gasteiger partial charge in [0.1, 0.15) is 7.11 Å². The lowest BCUT2D eigenvalue weighted by atomic mass is 10.1. The van der Waals surface area contributed by atoms with Gasteiger partial charge in [0.15, 0.2) is 0 Å². The van der Waals surface area contributed by atoms with Gasteiger partial charge >= 0.3 is 0 Å². The highest BCUT2D eigenvalue weighted by atomic mass is 16.6. The van der Waals surface area contributed by atoms with Crippen LogP contribution in [0.2, 0.25) is 0 Å². The molecule has 108 valence electrons. The summed E-state index contributed by atoms with van der Waals surface area (Å²) in [6.07, 6.45) is 1.59. The van der Waals surface area contributed by atoms with E-state index in [9.17, 15) is 4.79 Å². The average Bonchev–Trinajstić information content (AvgIpc) is 2.51. The zero-order valence-corrected chi connectivity index (χ0v) is 12.2. The maximum absolute atomic E-state index is 12.1. The summed E-state index contributed by atoms with van der Waals surface area (Å²) in [4.78, 5) is 16.7. The van der Waals surface area contributed by atoms with Crippen LogP contribution in [0.25, 0.3) is 0 Å². The van der Waals surface area contributed by atoms with Gasteiger partial charge in [0, 0.05) is 12.1 Å². The molecule has 2 aromatic carbocycles. The van der Waals surface area contributed by atoms with Crippen molar-refractivity contribution < 1.29 is 9.63 Å². The van der Waals surface area contributed by atoms with Crippen LogP contribution >= 0.6 is 0 Å². The number of hydrogen-bond acceptors (Lipinski definition) is 3. The number of benzene rings is 2. The number of nitrogens with zero attached hydrogens (tertiary/aromatic N) is 1. The molecule has 0 aliphatic heterocycles. The predicted molar refractivity (Wildman–Crippen MR) is 83.4 cm³/mol. The first kappa shape index (κ1) is 14.8. The Kier molecular flexibility index (Phi) is 5.10. The molecule has 0 bridgehead atoms. The average molecular weight is 282 g/mol. The number of oxime groups is 1. The van der Waals surface area contributed by atoms with Gasteiger partial charge in [-0.3, -0.25) is 4.79 Å². The Balaban J connectivity index is 1.95. The molecule has 0 aliphatic carbocycles. The summed E-state index contributed by atoms with van der Waals surface area (Å²) >= 11 is 0. The number of aryl methyl sites for hydroxylation is 1. The Morgan fingerprint density at radius 1 is 1.24 bits per heavy atom. The number of nitrogens with one attached hydrogen (secondary N) is 1. The summed E-state index contributed by atoms with van der Waals surface area (Å²) in [6, 6.07) is 15.3. The zero-order chi connectivity index (χ0) is 15.1. The van der Waals surface area contributed by atoms with E-state index in [4.69, 9.17) is 0 Å². The van der Waals surface area contributed by atoms with Crippen LogP contribution in [0.5, 0.6) is 0 Å². The van der Waals surface area contributed by atoms with Crippen molar-refractivity contribution in [3.05, 3.63) is 70.8 Å². The Morgan fingerprint density at radius 2 is 2.00 bits per heavy atom. The van der Waals surface area contributed by atoms with E-state index in [0.29, 0.717) is 12.1 Å². The minimum atomic E-state index is -0.0910. The van der Waals surface area contributed by atoms with Crippen molar-refractivity contribution >= 4 is 12.1 Å². The first-order valence-electron chi connectivity index (χ1n) is 6.69. The van der Waals surface area contributed by atoms with Crippen molar-refractivity contribution in [1.29, 1.82) is 0 Å². The van der Waals surface area contributed by atoms with Crippen LogP contribution in [-0.2, 0) is 11.4 Å². The second-order valence-electron chi connectivity index (χ2n) is 4.71. The fraction of sp³-hybridized carbons (Fsp3) is 0.176. The van der Waals surface area contributed by atoms with Crippen LogP contribution < -0.4 is 5.32 Å². The molecule has 21 heavy (non-hydrogen) atoms. The summed E-state index contributed by atoms with van der Waals surface area (Å²) in [5.74, 6) is -0.0910. The third-order valence-corrected chi connectivity index (χ3v) is 3.02. The topological polar surface area (TPSA) is 50.7 Å². The SMILES string of the molecule is CO/N=C/c1ccc(C(=O)NCc2cccc(C)c2)cc1. The summed E-state index contributed by atoms with van der Waals surface area (Å²) in [7, 11) is 1.49. The molecule has 0 radical (unpaired) electrons. The molecule has 2 aromatic rings. The molecule has 4 heteroatoms. The van der Waals surface area contributed by atoms with Gasteiger partial charge in [-0.05, 0) is 30.2 Å². The zero-order valence-electron chi connectivity index (χ0n) is 12.2. The molecule has 0 atom stereocenters. The number of carbonyl (C=O) groups excluding carboxylic acids is 1. The third kappa shape index (κ3) is 4.45. The fourth-order valence-electron chi connectivity index (χ4n) is 1.94. The second kappa shape index (κ2) is 7.24.